The molecule has 0 fully saturated rings. The van der Waals surface area contributed by atoms with Crippen LogP contribution in [0, 0.1) is 13.8 Å². The van der Waals surface area contributed by atoms with Gasteiger partial charge in [-0.25, -0.2) is 0 Å². The van der Waals surface area contributed by atoms with Gasteiger partial charge >= 0.3 is 0 Å². The molecule has 2 rings (SSSR count). The second-order valence-corrected chi connectivity index (χ2v) is 5.41. The number of hydrogen-bond acceptors (Lipinski definition) is 3. The van der Waals surface area contributed by atoms with Crippen molar-refractivity contribution in [3.63, 3.8) is 0 Å². The van der Waals surface area contributed by atoms with Crippen LogP contribution in [0.2, 0.25) is 5.02 Å². The van der Waals surface area contributed by atoms with E-state index in [1.165, 1.54) is 0 Å². The summed E-state index contributed by atoms with van der Waals surface area (Å²) in [5, 5.41) is 0.678. The van der Waals surface area contributed by atoms with E-state index in [1.807, 2.05) is 13.8 Å². The van der Waals surface area contributed by atoms with Crippen LogP contribution in [0.1, 0.15) is 21.5 Å². The Kier molecular flexibility index (Phi) is 5.60. The number of halogens is 1. The Morgan fingerprint density at radius 3 is 2.26 bits per heavy atom. The first-order valence-electron chi connectivity index (χ1n) is 7.01. The van der Waals surface area contributed by atoms with E-state index in [2.05, 4.69) is 10.9 Å². The third kappa shape index (κ3) is 4.72. The molecule has 0 atom stereocenters. The van der Waals surface area contributed by atoms with Crippen molar-refractivity contribution >= 4 is 23.4 Å². The van der Waals surface area contributed by atoms with E-state index in [0.717, 1.165) is 11.1 Å². The largest absolute Gasteiger partial charge is 0.484 e. The van der Waals surface area contributed by atoms with E-state index in [1.54, 1.807) is 42.5 Å². The Labute approximate surface area is 139 Å². The molecule has 2 N–H and O–H groups in total. The second-order valence-electron chi connectivity index (χ2n) is 5.03. The lowest BCUT2D eigenvalue weighted by Gasteiger charge is -2.11. The number of hydrogen-bond donors (Lipinski definition) is 2. The first-order chi connectivity index (χ1) is 11.0. The van der Waals surface area contributed by atoms with Crippen LogP contribution >= 0.6 is 11.6 Å². The van der Waals surface area contributed by atoms with Crippen molar-refractivity contribution in [2.75, 3.05) is 6.61 Å². The number of amides is 2. The minimum atomic E-state index is -0.459. The Balaban J connectivity index is 1.83. The molecule has 0 saturated carbocycles. The van der Waals surface area contributed by atoms with E-state index in [0.29, 0.717) is 16.3 Å². The number of benzene rings is 2. The molecule has 23 heavy (non-hydrogen) atoms. The van der Waals surface area contributed by atoms with Crippen LogP contribution in [-0.4, -0.2) is 18.4 Å². The summed E-state index contributed by atoms with van der Waals surface area (Å²) in [4.78, 5) is 23.5. The number of carbonyl (C=O) groups is 2. The zero-order chi connectivity index (χ0) is 16.8. The average molecular weight is 333 g/mol. The van der Waals surface area contributed by atoms with E-state index >= 15 is 0 Å². The standard InChI is InChI=1S/C17H17ClN2O3/c1-11-8-14(9-12(2)16(11)18)23-10-15(21)19-20-17(22)13-6-4-3-5-7-13/h3-9H,10H2,1-2H3,(H,19,21)(H,20,22). The molecule has 2 amide bonds. The van der Waals surface area contributed by atoms with Gasteiger partial charge in [-0.05, 0) is 49.2 Å². The molecule has 0 aliphatic heterocycles. The molecule has 2 aromatic rings. The molecule has 120 valence electrons. The summed E-state index contributed by atoms with van der Waals surface area (Å²) in [6.07, 6.45) is 0. The van der Waals surface area contributed by atoms with Gasteiger partial charge < -0.3 is 4.74 Å². The summed E-state index contributed by atoms with van der Waals surface area (Å²) in [7, 11) is 0. The van der Waals surface area contributed by atoms with Gasteiger partial charge in [0, 0.05) is 10.6 Å². The molecular weight excluding hydrogens is 316 g/mol. The van der Waals surface area contributed by atoms with Crippen LogP contribution in [-0.2, 0) is 4.79 Å². The van der Waals surface area contributed by atoms with E-state index in [4.69, 9.17) is 16.3 Å². The van der Waals surface area contributed by atoms with Crippen molar-refractivity contribution in [3.05, 3.63) is 64.2 Å². The van der Waals surface area contributed by atoms with Gasteiger partial charge in [0.1, 0.15) is 5.75 Å². The average Bonchev–Trinajstić information content (AvgIpc) is 2.56. The molecule has 0 aliphatic rings. The number of nitrogens with one attached hydrogen (secondary N) is 2. The van der Waals surface area contributed by atoms with Crippen molar-refractivity contribution in [1.82, 2.24) is 10.9 Å². The lowest BCUT2D eigenvalue weighted by atomic mass is 10.1. The monoisotopic (exact) mass is 332 g/mol. The fourth-order valence-electron chi connectivity index (χ4n) is 1.96. The van der Waals surface area contributed by atoms with E-state index in [-0.39, 0.29) is 6.61 Å². The van der Waals surface area contributed by atoms with Crippen LogP contribution in [0.3, 0.4) is 0 Å². The summed E-state index contributed by atoms with van der Waals surface area (Å²) in [6, 6.07) is 12.1. The van der Waals surface area contributed by atoms with Gasteiger partial charge in [0.25, 0.3) is 11.8 Å². The third-order valence-corrected chi connectivity index (χ3v) is 3.73. The van der Waals surface area contributed by atoms with Gasteiger partial charge in [0.15, 0.2) is 6.61 Å². The van der Waals surface area contributed by atoms with Gasteiger partial charge in [-0.2, -0.15) is 0 Å². The Bertz CT molecular complexity index is 694. The number of rotatable bonds is 4. The van der Waals surface area contributed by atoms with Crippen LogP contribution < -0.4 is 15.6 Å². The van der Waals surface area contributed by atoms with Crippen molar-refractivity contribution in [3.8, 4) is 5.75 Å². The maximum Gasteiger partial charge on any atom is 0.276 e. The van der Waals surface area contributed by atoms with Crippen LogP contribution in [0.15, 0.2) is 42.5 Å². The fraction of sp³-hybridized carbons (Fsp3) is 0.176. The van der Waals surface area contributed by atoms with Gasteiger partial charge in [0.05, 0.1) is 0 Å². The molecule has 0 radical (unpaired) electrons. The summed E-state index contributed by atoms with van der Waals surface area (Å²) in [5.41, 5.74) is 6.83. The molecule has 0 aliphatic carbocycles. The van der Waals surface area contributed by atoms with Gasteiger partial charge in [-0.3, -0.25) is 20.4 Å². The van der Waals surface area contributed by atoms with Crippen LogP contribution in [0.5, 0.6) is 5.75 Å². The molecule has 5 nitrogen and oxygen atoms in total. The SMILES string of the molecule is Cc1cc(OCC(=O)NNC(=O)c2ccccc2)cc(C)c1Cl. The molecule has 0 spiro atoms. The Morgan fingerprint density at radius 1 is 1.04 bits per heavy atom. The highest BCUT2D eigenvalue weighted by Crippen LogP contribution is 2.25. The van der Waals surface area contributed by atoms with Gasteiger partial charge in [-0.15, -0.1) is 0 Å². The summed E-state index contributed by atoms with van der Waals surface area (Å²) in [6.45, 7) is 3.51. The first-order valence-corrected chi connectivity index (χ1v) is 7.39. The molecular formula is C17H17ClN2O3. The molecule has 0 aromatic heterocycles. The Hall–Kier alpha value is -2.53. The summed E-state index contributed by atoms with van der Waals surface area (Å²) < 4.78 is 5.40. The molecule has 0 saturated heterocycles. The quantitative estimate of drug-likeness (QED) is 0.846. The minimum absolute atomic E-state index is 0.213. The van der Waals surface area contributed by atoms with Crippen molar-refractivity contribution in [1.29, 1.82) is 0 Å². The molecule has 0 heterocycles. The number of aryl methyl sites for hydroxylation is 2. The lowest BCUT2D eigenvalue weighted by Crippen LogP contribution is -2.43. The van der Waals surface area contributed by atoms with Crippen LogP contribution in [0.25, 0.3) is 0 Å². The van der Waals surface area contributed by atoms with E-state index < -0.39 is 11.8 Å². The summed E-state index contributed by atoms with van der Waals surface area (Å²) in [5.74, 6) is -0.300. The van der Waals surface area contributed by atoms with Gasteiger partial charge in [0.2, 0.25) is 0 Å². The van der Waals surface area contributed by atoms with E-state index in [9.17, 15) is 9.59 Å². The smallest absolute Gasteiger partial charge is 0.276 e. The van der Waals surface area contributed by atoms with Crippen molar-refractivity contribution in [2.45, 2.75) is 13.8 Å². The fourth-order valence-corrected chi connectivity index (χ4v) is 2.07. The van der Waals surface area contributed by atoms with Crippen molar-refractivity contribution < 1.29 is 14.3 Å². The normalized spacial score (nSPS) is 10.0. The Morgan fingerprint density at radius 2 is 1.65 bits per heavy atom. The zero-order valence-electron chi connectivity index (χ0n) is 12.9. The van der Waals surface area contributed by atoms with Crippen LogP contribution in [0.4, 0.5) is 0 Å². The zero-order valence-corrected chi connectivity index (χ0v) is 13.6. The highest BCUT2D eigenvalue weighted by Gasteiger charge is 2.08. The topological polar surface area (TPSA) is 67.4 Å². The predicted octanol–water partition coefficient (Wildman–Crippen LogP) is 2.80. The molecule has 0 unspecified atom stereocenters. The first kappa shape index (κ1) is 16.8. The number of ether oxygens (including phenoxy) is 1. The lowest BCUT2D eigenvalue weighted by molar-refractivity contribution is -0.123. The van der Waals surface area contributed by atoms with Crippen molar-refractivity contribution in [2.24, 2.45) is 0 Å². The molecule has 6 heteroatoms. The highest BCUT2D eigenvalue weighted by atomic mass is 35.5. The third-order valence-electron chi connectivity index (χ3n) is 3.13. The summed E-state index contributed by atoms with van der Waals surface area (Å²) >= 11 is 6.07. The minimum Gasteiger partial charge on any atom is -0.484 e. The van der Waals surface area contributed by atoms with Gasteiger partial charge in [-0.1, -0.05) is 29.8 Å². The molecule has 0 bridgehead atoms. The highest BCUT2D eigenvalue weighted by molar-refractivity contribution is 6.32. The number of carbonyl (C=O) groups excluding carboxylic acids is 2. The second kappa shape index (κ2) is 7.65. The maximum absolute atomic E-state index is 11.8. The molecule has 2 aromatic carbocycles. The predicted molar refractivity (Wildman–Crippen MR) is 88.5 cm³/mol. The number of hydrazine groups is 1. The maximum atomic E-state index is 11.8.